The van der Waals surface area contributed by atoms with Gasteiger partial charge in [0.2, 0.25) is 0 Å². The van der Waals surface area contributed by atoms with E-state index in [1.54, 1.807) is 11.3 Å². The summed E-state index contributed by atoms with van der Waals surface area (Å²) in [6.45, 7) is 9.15. The van der Waals surface area contributed by atoms with Gasteiger partial charge in [-0.1, -0.05) is 18.5 Å². The van der Waals surface area contributed by atoms with Gasteiger partial charge in [-0.15, -0.1) is 11.3 Å². The molecule has 1 aliphatic heterocycles. The average molecular weight is 287 g/mol. The van der Waals surface area contributed by atoms with Gasteiger partial charge >= 0.3 is 0 Å². The lowest BCUT2D eigenvalue weighted by Crippen LogP contribution is -2.43. The Labute approximate surface area is 119 Å². The Morgan fingerprint density at radius 1 is 1.44 bits per heavy atom. The first-order chi connectivity index (χ1) is 8.65. The van der Waals surface area contributed by atoms with Crippen molar-refractivity contribution >= 4 is 22.9 Å². The van der Waals surface area contributed by atoms with E-state index in [2.05, 4.69) is 30.1 Å². The summed E-state index contributed by atoms with van der Waals surface area (Å²) < 4.78 is 0.880. The Morgan fingerprint density at radius 3 is 2.94 bits per heavy atom. The fourth-order valence-electron chi connectivity index (χ4n) is 2.67. The molecular weight excluding hydrogens is 264 g/mol. The second-order valence-corrected chi connectivity index (χ2v) is 7.20. The van der Waals surface area contributed by atoms with Crippen LogP contribution in [0.15, 0.2) is 12.1 Å². The normalized spacial score (nSPS) is 25.5. The number of hydrogen-bond donors (Lipinski definition) is 1. The summed E-state index contributed by atoms with van der Waals surface area (Å²) in [4.78, 5) is 3.93. The number of nitrogens with zero attached hydrogens (tertiary/aromatic N) is 1. The second-order valence-electron chi connectivity index (χ2n) is 5.40. The number of piperidine rings is 1. The topological polar surface area (TPSA) is 15.3 Å². The first kappa shape index (κ1) is 14.3. The minimum Gasteiger partial charge on any atom is -0.311 e. The highest BCUT2D eigenvalue weighted by molar-refractivity contribution is 7.16. The van der Waals surface area contributed by atoms with E-state index >= 15 is 0 Å². The van der Waals surface area contributed by atoms with E-state index in [0.29, 0.717) is 0 Å². The van der Waals surface area contributed by atoms with Crippen molar-refractivity contribution < 1.29 is 0 Å². The molecule has 0 bridgehead atoms. The lowest BCUT2D eigenvalue weighted by molar-refractivity contribution is 0.130. The van der Waals surface area contributed by atoms with Gasteiger partial charge in [0.25, 0.3) is 0 Å². The van der Waals surface area contributed by atoms with Crippen molar-refractivity contribution in [1.29, 1.82) is 0 Å². The summed E-state index contributed by atoms with van der Waals surface area (Å²) in [5, 5.41) is 3.50. The quantitative estimate of drug-likeness (QED) is 0.832. The zero-order valence-electron chi connectivity index (χ0n) is 11.3. The molecule has 102 valence electrons. The molecule has 0 amide bonds. The molecule has 4 heteroatoms. The molecule has 0 radical (unpaired) electrons. The number of thiophene rings is 1. The van der Waals surface area contributed by atoms with Gasteiger partial charge in [-0.25, -0.2) is 0 Å². The van der Waals surface area contributed by atoms with Gasteiger partial charge in [0, 0.05) is 30.6 Å². The van der Waals surface area contributed by atoms with E-state index in [0.717, 1.165) is 35.9 Å². The molecule has 1 fully saturated rings. The largest absolute Gasteiger partial charge is 0.311 e. The summed E-state index contributed by atoms with van der Waals surface area (Å²) in [5.74, 6) is 0.900. The zero-order chi connectivity index (χ0) is 13.0. The molecule has 0 saturated carbocycles. The maximum Gasteiger partial charge on any atom is 0.0931 e. The van der Waals surface area contributed by atoms with E-state index in [1.165, 1.54) is 24.3 Å². The number of likely N-dealkylation sites (tertiary alicyclic amines) is 1. The summed E-state index contributed by atoms with van der Waals surface area (Å²) in [5.41, 5.74) is 0. The van der Waals surface area contributed by atoms with Crippen LogP contribution in [0, 0.1) is 5.92 Å². The van der Waals surface area contributed by atoms with Crippen LogP contribution < -0.4 is 5.32 Å². The van der Waals surface area contributed by atoms with Gasteiger partial charge in [-0.05, 0) is 44.4 Å². The van der Waals surface area contributed by atoms with Crippen LogP contribution in [0.3, 0.4) is 0 Å². The molecule has 2 rings (SSSR count). The summed E-state index contributed by atoms with van der Waals surface area (Å²) >= 11 is 7.57. The smallest absolute Gasteiger partial charge is 0.0931 e. The van der Waals surface area contributed by atoms with Crippen LogP contribution in [0.1, 0.15) is 31.6 Å². The van der Waals surface area contributed by atoms with Crippen molar-refractivity contribution in [3.8, 4) is 0 Å². The third kappa shape index (κ3) is 4.23. The summed E-state index contributed by atoms with van der Waals surface area (Å²) in [7, 11) is 0. The van der Waals surface area contributed by atoms with Gasteiger partial charge in [0.1, 0.15) is 0 Å². The van der Waals surface area contributed by atoms with Gasteiger partial charge in [-0.3, -0.25) is 4.90 Å². The van der Waals surface area contributed by atoms with Crippen LogP contribution in [-0.2, 0) is 6.54 Å². The predicted octanol–water partition coefficient (Wildman–Crippen LogP) is 3.61. The number of rotatable bonds is 5. The van der Waals surface area contributed by atoms with Crippen LogP contribution >= 0.6 is 22.9 Å². The van der Waals surface area contributed by atoms with Gasteiger partial charge in [0.15, 0.2) is 0 Å². The summed E-state index contributed by atoms with van der Waals surface area (Å²) in [6, 6.07) is 4.81. The third-order valence-corrected chi connectivity index (χ3v) is 5.01. The molecule has 1 N–H and O–H groups in total. The Balaban J connectivity index is 1.63. The predicted molar refractivity (Wildman–Crippen MR) is 80.5 cm³/mol. The SMILES string of the molecule is CC1CCN(CCNCc2ccc(Cl)s2)C(C)C1. The molecule has 1 saturated heterocycles. The van der Waals surface area contributed by atoms with Crippen LogP contribution in [-0.4, -0.2) is 30.6 Å². The molecule has 2 nitrogen and oxygen atoms in total. The van der Waals surface area contributed by atoms with E-state index in [9.17, 15) is 0 Å². The molecule has 0 aliphatic carbocycles. The summed E-state index contributed by atoms with van der Waals surface area (Å²) in [6.07, 6.45) is 2.70. The van der Waals surface area contributed by atoms with E-state index in [-0.39, 0.29) is 0 Å². The van der Waals surface area contributed by atoms with Crippen LogP contribution in [0.5, 0.6) is 0 Å². The highest BCUT2D eigenvalue weighted by atomic mass is 35.5. The molecule has 0 spiro atoms. The fourth-order valence-corrected chi connectivity index (χ4v) is 3.73. The Bertz CT molecular complexity index is 366. The lowest BCUT2D eigenvalue weighted by atomic mass is 9.93. The Morgan fingerprint density at radius 2 is 2.28 bits per heavy atom. The molecule has 2 heterocycles. The van der Waals surface area contributed by atoms with E-state index in [1.807, 2.05) is 6.07 Å². The maximum atomic E-state index is 5.91. The van der Waals surface area contributed by atoms with Crippen LogP contribution in [0.25, 0.3) is 0 Å². The maximum absolute atomic E-state index is 5.91. The van der Waals surface area contributed by atoms with Crippen LogP contribution in [0.4, 0.5) is 0 Å². The lowest BCUT2D eigenvalue weighted by Gasteiger charge is -2.36. The van der Waals surface area contributed by atoms with Crippen molar-refractivity contribution in [1.82, 2.24) is 10.2 Å². The van der Waals surface area contributed by atoms with Crippen LogP contribution in [0.2, 0.25) is 4.34 Å². The average Bonchev–Trinajstić information content (AvgIpc) is 2.73. The van der Waals surface area contributed by atoms with Crippen molar-refractivity contribution in [3.05, 3.63) is 21.3 Å². The molecule has 2 unspecified atom stereocenters. The van der Waals surface area contributed by atoms with Crippen molar-refractivity contribution in [2.75, 3.05) is 19.6 Å². The highest BCUT2D eigenvalue weighted by Crippen LogP contribution is 2.22. The molecule has 1 aromatic rings. The number of halogens is 1. The van der Waals surface area contributed by atoms with Gasteiger partial charge in [0.05, 0.1) is 4.34 Å². The Hall–Kier alpha value is -0.0900. The molecule has 1 aliphatic rings. The monoisotopic (exact) mass is 286 g/mol. The standard InChI is InChI=1S/C14H23ClN2S/c1-11-5-7-17(12(2)9-11)8-6-16-10-13-3-4-14(15)18-13/h3-4,11-12,16H,5-10H2,1-2H3. The first-order valence-corrected chi connectivity index (χ1v) is 8.03. The number of nitrogens with one attached hydrogen (secondary N) is 1. The zero-order valence-corrected chi connectivity index (χ0v) is 12.9. The van der Waals surface area contributed by atoms with Gasteiger partial charge < -0.3 is 5.32 Å². The first-order valence-electron chi connectivity index (χ1n) is 6.84. The van der Waals surface area contributed by atoms with E-state index in [4.69, 9.17) is 11.6 Å². The minimum atomic E-state index is 0.742. The van der Waals surface area contributed by atoms with E-state index < -0.39 is 0 Å². The molecule has 18 heavy (non-hydrogen) atoms. The minimum absolute atomic E-state index is 0.742. The Kier molecular flexibility index (Phi) is 5.49. The molecule has 0 aromatic carbocycles. The van der Waals surface area contributed by atoms with Crippen molar-refractivity contribution in [2.24, 2.45) is 5.92 Å². The van der Waals surface area contributed by atoms with Crippen molar-refractivity contribution in [2.45, 2.75) is 39.3 Å². The fraction of sp³-hybridized carbons (Fsp3) is 0.714. The molecule has 2 atom stereocenters. The van der Waals surface area contributed by atoms with Crippen molar-refractivity contribution in [3.63, 3.8) is 0 Å². The molecule has 1 aromatic heterocycles. The highest BCUT2D eigenvalue weighted by Gasteiger charge is 2.21. The number of hydrogen-bond acceptors (Lipinski definition) is 3. The third-order valence-electron chi connectivity index (χ3n) is 3.78. The molecular formula is C14H23ClN2S. The van der Waals surface area contributed by atoms with Gasteiger partial charge in [-0.2, -0.15) is 0 Å². The second kappa shape index (κ2) is 6.90.